The van der Waals surface area contributed by atoms with E-state index < -0.39 is 0 Å². The fourth-order valence-corrected chi connectivity index (χ4v) is 3.47. The molecule has 31 heavy (non-hydrogen) atoms. The molecule has 0 saturated heterocycles. The predicted molar refractivity (Wildman–Crippen MR) is 122 cm³/mol. The quantitative estimate of drug-likeness (QED) is 0.391. The molecule has 5 aromatic rings. The van der Waals surface area contributed by atoms with E-state index in [1.807, 2.05) is 91.9 Å². The molecule has 5 heteroatoms. The van der Waals surface area contributed by atoms with Crippen molar-refractivity contribution >= 4 is 22.8 Å². The summed E-state index contributed by atoms with van der Waals surface area (Å²) < 4.78 is 5.79. The smallest absolute Gasteiger partial charge is 0.255 e. The second kappa shape index (κ2) is 7.88. The van der Waals surface area contributed by atoms with Crippen molar-refractivity contribution in [3.05, 3.63) is 102 Å². The molecule has 0 saturated carbocycles. The lowest BCUT2D eigenvalue weighted by Gasteiger charge is -2.10. The van der Waals surface area contributed by atoms with Crippen molar-refractivity contribution in [2.45, 2.75) is 6.92 Å². The van der Waals surface area contributed by atoms with Gasteiger partial charge in [0.15, 0.2) is 11.2 Å². The molecule has 0 aliphatic heterocycles. The van der Waals surface area contributed by atoms with Crippen LogP contribution in [0.2, 0.25) is 0 Å². The number of hydrogen-bond acceptors (Lipinski definition) is 4. The number of anilines is 1. The highest BCUT2D eigenvalue weighted by molar-refractivity contribution is 6.05. The largest absolute Gasteiger partial charge is 0.434 e. The minimum atomic E-state index is -0.151. The van der Waals surface area contributed by atoms with E-state index in [9.17, 15) is 4.79 Å². The highest BCUT2D eigenvalue weighted by Crippen LogP contribution is 2.27. The van der Waals surface area contributed by atoms with Crippen molar-refractivity contribution < 1.29 is 9.21 Å². The van der Waals surface area contributed by atoms with Gasteiger partial charge in [-0.1, -0.05) is 42.5 Å². The van der Waals surface area contributed by atoms with Crippen molar-refractivity contribution in [1.82, 2.24) is 9.97 Å². The molecule has 1 amide bonds. The van der Waals surface area contributed by atoms with Gasteiger partial charge in [0, 0.05) is 23.0 Å². The third-order valence-electron chi connectivity index (χ3n) is 5.14. The normalized spacial score (nSPS) is 10.9. The van der Waals surface area contributed by atoms with Crippen LogP contribution >= 0.6 is 0 Å². The Balaban J connectivity index is 1.34. The molecule has 0 aliphatic carbocycles. The predicted octanol–water partition coefficient (Wildman–Crippen LogP) is 6.12. The Morgan fingerprint density at radius 2 is 1.58 bits per heavy atom. The molecule has 0 radical (unpaired) electrons. The first-order valence-electron chi connectivity index (χ1n) is 9.97. The number of nitrogens with one attached hydrogen (secondary N) is 1. The summed E-state index contributed by atoms with van der Waals surface area (Å²) in [4.78, 5) is 21.4. The number of oxazole rings is 1. The van der Waals surface area contributed by atoms with Crippen LogP contribution in [-0.2, 0) is 0 Å². The molecule has 0 spiro atoms. The van der Waals surface area contributed by atoms with Gasteiger partial charge in [0.1, 0.15) is 0 Å². The zero-order valence-corrected chi connectivity index (χ0v) is 16.9. The average molecular weight is 405 g/mol. The number of benzene rings is 3. The van der Waals surface area contributed by atoms with Crippen LogP contribution in [0.25, 0.3) is 33.8 Å². The summed E-state index contributed by atoms with van der Waals surface area (Å²) in [5, 5.41) is 2.99. The lowest BCUT2D eigenvalue weighted by Crippen LogP contribution is -2.12. The first kappa shape index (κ1) is 18.8. The van der Waals surface area contributed by atoms with Crippen LogP contribution in [0.5, 0.6) is 0 Å². The minimum Gasteiger partial charge on any atom is -0.434 e. The molecule has 0 unspecified atom stereocenters. The summed E-state index contributed by atoms with van der Waals surface area (Å²) in [7, 11) is 0. The molecule has 2 aromatic heterocycles. The molecule has 0 fully saturated rings. The zero-order chi connectivity index (χ0) is 21.2. The van der Waals surface area contributed by atoms with Crippen LogP contribution in [0.4, 0.5) is 5.69 Å². The Kier molecular flexibility index (Phi) is 4.77. The van der Waals surface area contributed by atoms with Gasteiger partial charge in [0.2, 0.25) is 5.89 Å². The van der Waals surface area contributed by atoms with E-state index in [0.717, 1.165) is 27.9 Å². The molecule has 0 aliphatic rings. The van der Waals surface area contributed by atoms with E-state index in [2.05, 4.69) is 15.3 Å². The summed E-state index contributed by atoms with van der Waals surface area (Å²) in [6.45, 7) is 1.94. The highest BCUT2D eigenvalue weighted by Gasteiger charge is 2.12. The number of hydrogen-bond donors (Lipinski definition) is 1. The molecule has 0 bridgehead atoms. The lowest BCUT2D eigenvalue weighted by atomic mass is 10.0. The maximum Gasteiger partial charge on any atom is 0.255 e. The number of carbonyl (C=O) groups is 1. The molecule has 5 rings (SSSR count). The fourth-order valence-electron chi connectivity index (χ4n) is 3.47. The van der Waals surface area contributed by atoms with E-state index in [0.29, 0.717) is 22.7 Å². The summed E-state index contributed by atoms with van der Waals surface area (Å²) >= 11 is 0. The molecule has 0 atom stereocenters. The van der Waals surface area contributed by atoms with Crippen molar-refractivity contribution in [3.8, 4) is 22.6 Å². The molecule has 3 aromatic carbocycles. The summed E-state index contributed by atoms with van der Waals surface area (Å²) in [5.41, 5.74) is 6.52. The molecular weight excluding hydrogens is 386 g/mol. The lowest BCUT2D eigenvalue weighted by molar-refractivity contribution is 0.102. The third kappa shape index (κ3) is 3.81. The second-order valence-corrected chi connectivity index (χ2v) is 7.27. The van der Waals surface area contributed by atoms with Crippen molar-refractivity contribution in [2.75, 3.05) is 5.32 Å². The van der Waals surface area contributed by atoms with Gasteiger partial charge in [0.25, 0.3) is 5.91 Å². The van der Waals surface area contributed by atoms with Crippen LogP contribution in [0.3, 0.4) is 0 Å². The number of amides is 1. The van der Waals surface area contributed by atoms with Gasteiger partial charge in [-0.3, -0.25) is 4.79 Å². The van der Waals surface area contributed by atoms with Gasteiger partial charge in [-0.05, 0) is 66.1 Å². The number of carbonyl (C=O) groups excluding carboxylic acids is 1. The standard InChI is InChI=1S/C26H19N3O2/c1-17-16-21(26-29-24-23(31-26)8-5-15-27-24)13-14-22(17)28-25(30)20-11-9-19(10-12-20)18-6-3-2-4-7-18/h2-16H,1H3,(H,28,30). The van der Waals surface area contributed by atoms with Crippen LogP contribution < -0.4 is 5.32 Å². The van der Waals surface area contributed by atoms with E-state index >= 15 is 0 Å². The Morgan fingerprint density at radius 3 is 2.32 bits per heavy atom. The first-order chi connectivity index (χ1) is 15.2. The molecule has 5 nitrogen and oxygen atoms in total. The number of fused-ring (bicyclic) bond motifs is 1. The fraction of sp³-hybridized carbons (Fsp3) is 0.0385. The monoisotopic (exact) mass is 405 g/mol. The minimum absolute atomic E-state index is 0.151. The number of pyridine rings is 1. The Morgan fingerprint density at radius 1 is 0.839 bits per heavy atom. The SMILES string of the molecule is Cc1cc(-c2nc3ncccc3o2)ccc1NC(=O)c1ccc(-c2ccccc2)cc1. The van der Waals surface area contributed by atoms with E-state index in [1.54, 1.807) is 6.20 Å². The van der Waals surface area contributed by atoms with Crippen molar-refractivity contribution in [2.24, 2.45) is 0 Å². The molecule has 1 N–H and O–H groups in total. The number of aromatic nitrogens is 2. The number of aryl methyl sites for hydroxylation is 1. The number of nitrogens with zero attached hydrogens (tertiary/aromatic N) is 2. The summed E-state index contributed by atoms with van der Waals surface area (Å²) in [5.74, 6) is 0.354. The average Bonchev–Trinajstić information content (AvgIpc) is 3.25. The topological polar surface area (TPSA) is 68.0 Å². The maximum absolute atomic E-state index is 12.7. The Labute approximate surface area is 179 Å². The van der Waals surface area contributed by atoms with E-state index in [1.165, 1.54) is 0 Å². The van der Waals surface area contributed by atoms with Crippen LogP contribution in [0.15, 0.2) is 95.5 Å². The van der Waals surface area contributed by atoms with Gasteiger partial charge in [-0.25, -0.2) is 4.98 Å². The maximum atomic E-state index is 12.7. The first-order valence-corrected chi connectivity index (χ1v) is 9.97. The molecule has 2 heterocycles. The number of rotatable bonds is 4. The van der Waals surface area contributed by atoms with Gasteiger partial charge < -0.3 is 9.73 Å². The molecular formula is C26H19N3O2. The zero-order valence-electron chi connectivity index (χ0n) is 16.9. The Bertz CT molecular complexity index is 1340. The van der Waals surface area contributed by atoms with Crippen LogP contribution in [-0.4, -0.2) is 15.9 Å². The summed E-state index contributed by atoms with van der Waals surface area (Å²) in [6.07, 6.45) is 1.69. The molecule has 150 valence electrons. The van der Waals surface area contributed by atoms with Crippen LogP contribution in [0, 0.1) is 6.92 Å². The van der Waals surface area contributed by atoms with E-state index in [-0.39, 0.29) is 5.91 Å². The van der Waals surface area contributed by atoms with Gasteiger partial charge in [-0.2, -0.15) is 4.98 Å². The van der Waals surface area contributed by atoms with Crippen LogP contribution in [0.1, 0.15) is 15.9 Å². The van der Waals surface area contributed by atoms with Gasteiger partial charge in [-0.15, -0.1) is 0 Å². The summed E-state index contributed by atoms with van der Waals surface area (Å²) in [6, 6.07) is 27.0. The van der Waals surface area contributed by atoms with Gasteiger partial charge in [0.05, 0.1) is 0 Å². The highest BCUT2D eigenvalue weighted by atomic mass is 16.3. The Hall–Kier alpha value is -4.25. The second-order valence-electron chi connectivity index (χ2n) is 7.27. The third-order valence-corrected chi connectivity index (χ3v) is 5.14. The van der Waals surface area contributed by atoms with Crippen molar-refractivity contribution in [1.29, 1.82) is 0 Å². The van der Waals surface area contributed by atoms with E-state index in [4.69, 9.17) is 4.42 Å². The van der Waals surface area contributed by atoms with Crippen molar-refractivity contribution in [3.63, 3.8) is 0 Å². The van der Waals surface area contributed by atoms with Gasteiger partial charge >= 0.3 is 0 Å².